The van der Waals surface area contributed by atoms with Gasteiger partial charge >= 0.3 is 6.61 Å². The van der Waals surface area contributed by atoms with Crippen LogP contribution in [-0.4, -0.2) is 46.0 Å². The van der Waals surface area contributed by atoms with E-state index in [1.165, 1.54) is 6.07 Å². The minimum atomic E-state index is -2.83. The van der Waals surface area contributed by atoms with Gasteiger partial charge in [-0.05, 0) is 24.6 Å². The minimum absolute atomic E-state index is 0.146. The number of aryl methyl sites for hydroxylation is 1. The van der Waals surface area contributed by atoms with Gasteiger partial charge in [-0.25, -0.2) is 0 Å². The second-order valence-electron chi connectivity index (χ2n) is 5.77. The van der Waals surface area contributed by atoms with Gasteiger partial charge in [0.2, 0.25) is 0 Å². The van der Waals surface area contributed by atoms with Crippen LogP contribution in [-0.2, 0) is 18.3 Å². The molecule has 1 atom stereocenters. The summed E-state index contributed by atoms with van der Waals surface area (Å²) >= 11 is 0. The Hall–Kier alpha value is -2.06. The Bertz CT molecular complexity index is 692. The van der Waals surface area contributed by atoms with Crippen molar-refractivity contribution < 1.29 is 18.3 Å². The molecule has 1 aromatic heterocycles. The van der Waals surface area contributed by atoms with Crippen molar-refractivity contribution in [3.63, 3.8) is 0 Å². The van der Waals surface area contributed by atoms with Crippen LogP contribution in [0.4, 0.5) is 8.78 Å². The predicted octanol–water partition coefficient (Wildman–Crippen LogP) is 2.30. The van der Waals surface area contributed by atoms with E-state index in [9.17, 15) is 8.78 Å². The van der Waals surface area contributed by atoms with E-state index in [2.05, 4.69) is 19.8 Å². The smallest absolute Gasteiger partial charge is 0.387 e. The number of rotatable bonds is 5. The fourth-order valence-electron chi connectivity index (χ4n) is 2.73. The Morgan fingerprint density at radius 1 is 1.38 bits per heavy atom. The summed E-state index contributed by atoms with van der Waals surface area (Å²) in [5.41, 5.74) is 0.826. The Labute approximate surface area is 139 Å². The molecule has 0 aliphatic carbocycles. The maximum Gasteiger partial charge on any atom is 0.387 e. The van der Waals surface area contributed by atoms with Crippen LogP contribution in [0, 0.1) is 6.92 Å². The standard InChI is InChI=1S/C16H20F2N4O2/c1-11-19-20-15(21(11)2)10-22-6-7-23-14(9-22)12-4-3-5-13(8-12)24-16(17)18/h3-5,8,14,16H,6-7,9-10H2,1-2H3. The van der Waals surface area contributed by atoms with Crippen molar-refractivity contribution >= 4 is 0 Å². The number of benzene rings is 1. The van der Waals surface area contributed by atoms with Crippen LogP contribution >= 0.6 is 0 Å². The molecule has 0 saturated carbocycles. The van der Waals surface area contributed by atoms with Crippen molar-refractivity contribution in [3.05, 3.63) is 41.5 Å². The molecule has 2 aromatic rings. The fraction of sp³-hybridized carbons (Fsp3) is 0.500. The molecule has 6 nitrogen and oxygen atoms in total. The van der Waals surface area contributed by atoms with E-state index in [-0.39, 0.29) is 11.9 Å². The quantitative estimate of drug-likeness (QED) is 0.837. The number of ether oxygens (including phenoxy) is 2. The van der Waals surface area contributed by atoms with Gasteiger partial charge in [0.1, 0.15) is 17.4 Å². The molecule has 0 N–H and O–H groups in total. The number of nitrogens with zero attached hydrogens (tertiary/aromatic N) is 4. The van der Waals surface area contributed by atoms with Gasteiger partial charge in [-0.1, -0.05) is 12.1 Å². The molecule has 2 heterocycles. The molecule has 1 fully saturated rings. The molecule has 1 aromatic carbocycles. The highest BCUT2D eigenvalue weighted by atomic mass is 19.3. The molecule has 8 heteroatoms. The van der Waals surface area contributed by atoms with E-state index in [4.69, 9.17) is 4.74 Å². The second kappa shape index (κ2) is 7.23. The van der Waals surface area contributed by atoms with Crippen molar-refractivity contribution in [1.82, 2.24) is 19.7 Å². The van der Waals surface area contributed by atoms with Gasteiger partial charge in [0.05, 0.1) is 19.3 Å². The van der Waals surface area contributed by atoms with E-state index >= 15 is 0 Å². The van der Waals surface area contributed by atoms with Crippen molar-refractivity contribution in [2.24, 2.45) is 7.05 Å². The molecular weight excluding hydrogens is 318 g/mol. The lowest BCUT2D eigenvalue weighted by Crippen LogP contribution is -2.38. The van der Waals surface area contributed by atoms with Crippen LogP contribution in [0.3, 0.4) is 0 Å². The van der Waals surface area contributed by atoms with E-state index in [1.54, 1.807) is 12.1 Å². The summed E-state index contributed by atoms with van der Waals surface area (Å²) in [5, 5.41) is 8.25. The minimum Gasteiger partial charge on any atom is -0.435 e. The molecule has 3 rings (SSSR count). The first-order valence-electron chi connectivity index (χ1n) is 7.76. The maximum absolute atomic E-state index is 12.4. The third kappa shape index (κ3) is 3.88. The molecule has 24 heavy (non-hydrogen) atoms. The van der Waals surface area contributed by atoms with Crippen LogP contribution in [0.1, 0.15) is 23.3 Å². The highest BCUT2D eigenvalue weighted by Crippen LogP contribution is 2.26. The highest BCUT2D eigenvalue weighted by Gasteiger charge is 2.24. The summed E-state index contributed by atoms with van der Waals surface area (Å²) in [4.78, 5) is 2.22. The van der Waals surface area contributed by atoms with Crippen molar-refractivity contribution in [2.45, 2.75) is 26.2 Å². The molecule has 0 amide bonds. The van der Waals surface area contributed by atoms with E-state index in [0.717, 1.165) is 23.8 Å². The fourth-order valence-corrected chi connectivity index (χ4v) is 2.73. The summed E-state index contributed by atoms with van der Waals surface area (Å²) < 4.78 is 36.9. The Morgan fingerprint density at radius 2 is 2.21 bits per heavy atom. The van der Waals surface area contributed by atoms with Gasteiger partial charge in [0.15, 0.2) is 0 Å². The SMILES string of the molecule is Cc1nnc(CN2CCOC(c3cccc(OC(F)F)c3)C2)n1C. The van der Waals surface area contributed by atoms with E-state index in [1.807, 2.05) is 24.6 Å². The number of halogens is 2. The normalized spacial score (nSPS) is 19.0. The van der Waals surface area contributed by atoms with Gasteiger partial charge in [-0.15, -0.1) is 10.2 Å². The molecular formula is C16H20F2N4O2. The van der Waals surface area contributed by atoms with Crippen LogP contribution in [0.25, 0.3) is 0 Å². The highest BCUT2D eigenvalue weighted by molar-refractivity contribution is 5.30. The van der Waals surface area contributed by atoms with E-state index in [0.29, 0.717) is 19.7 Å². The lowest BCUT2D eigenvalue weighted by Gasteiger charge is -2.32. The lowest BCUT2D eigenvalue weighted by atomic mass is 10.1. The maximum atomic E-state index is 12.4. The van der Waals surface area contributed by atoms with Crippen LogP contribution in [0.2, 0.25) is 0 Å². The van der Waals surface area contributed by atoms with Gasteiger partial charge < -0.3 is 14.0 Å². The first kappa shape index (κ1) is 16.8. The van der Waals surface area contributed by atoms with Crippen LogP contribution in [0.15, 0.2) is 24.3 Å². The van der Waals surface area contributed by atoms with Crippen LogP contribution < -0.4 is 4.74 Å². The van der Waals surface area contributed by atoms with Crippen molar-refractivity contribution in [1.29, 1.82) is 0 Å². The van der Waals surface area contributed by atoms with E-state index < -0.39 is 6.61 Å². The van der Waals surface area contributed by atoms with Gasteiger partial charge in [-0.3, -0.25) is 4.90 Å². The summed E-state index contributed by atoms with van der Waals surface area (Å²) in [6.45, 7) is 1.77. The Kier molecular flexibility index (Phi) is 5.06. The monoisotopic (exact) mass is 338 g/mol. The van der Waals surface area contributed by atoms with Crippen molar-refractivity contribution in [3.8, 4) is 5.75 Å². The van der Waals surface area contributed by atoms with Crippen LogP contribution in [0.5, 0.6) is 5.75 Å². The second-order valence-corrected chi connectivity index (χ2v) is 5.77. The summed E-state index contributed by atoms with van der Waals surface area (Å²) in [6.07, 6.45) is -0.186. The molecule has 130 valence electrons. The Balaban J connectivity index is 1.68. The first-order valence-corrected chi connectivity index (χ1v) is 7.76. The molecule has 0 spiro atoms. The summed E-state index contributed by atoms with van der Waals surface area (Å²) in [7, 11) is 1.94. The zero-order chi connectivity index (χ0) is 17.1. The first-order chi connectivity index (χ1) is 11.5. The topological polar surface area (TPSA) is 52.4 Å². The molecule has 1 aliphatic rings. The molecule has 0 bridgehead atoms. The summed E-state index contributed by atoms with van der Waals surface area (Å²) in [6, 6.07) is 6.67. The number of morpholine rings is 1. The Morgan fingerprint density at radius 3 is 2.92 bits per heavy atom. The average Bonchev–Trinajstić information content (AvgIpc) is 2.87. The van der Waals surface area contributed by atoms with Crippen molar-refractivity contribution in [2.75, 3.05) is 19.7 Å². The third-order valence-corrected chi connectivity index (χ3v) is 4.15. The number of alkyl halides is 2. The van der Waals surface area contributed by atoms with Gasteiger partial charge in [0.25, 0.3) is 0 Å². The molecule has 0 radical (unpaired) electrons. The summed E-state index contributed by atoms with van der Waals surface area (Å²) in [5.74, 6) is 1.90. The largest absolute Gasteiger partial charge is 0.435 e. The zero-order valence-corrected chi connectivity index (χ0v) is 13.7. The van der Waals surface area contributed by atoms with Gasteiger partial charge in [-0.2, -0.15) is 8.78 Å². The predicted molar refractivity (Wildman–Crippen MR) is 82.8 cm³/mol. The zero-order valence-electron chi connectivity index (χ0n) is 13.7. The number of hydrogen-bond acceptors (Lipinski definition) is 5. The lowest BCUT2D eigenvalue weighted by molar-refractivity contribution is -0.0509. The molecule has 1 unspecified atom stereocenters. The molecule has 1 saturated heterocycles. The molecule has 1 aliphatic heterocycles. The number of hydrogen-bond donors (Lipinski definition) is 0. The van der Waals surface area contributed by atoms with Gasteiger partial charge in [0, 0.05) is 20.1 Å². The third-order valence-electron chi connectivity index (χ3n) is 4.15. The average molecular weight is 338 g/mol. The number of aromatic nitrogens is 3.